The van der Waals surface area contributed by atoms with Gasteiger partial charge in [-0.25, -0.2) is 0 Å². The number of para-hydroxylation sites is 3. The van der Waals surface area contributed by atoms with Crippen molar-refractivity contribution >= 4 is 23.2 Å². The zero-order valence-electron chi connectivity index (χ0n) is 19.8. The van der Waals surface area contributed by atoms with E-state index in [4.69, 9.17) is 9.47 Å². The van der Waals surface area contributed by atoms with E-state index in [2.05, 4.69) is 5.32 Å². The van der Waals surface area contributed by atoms with Gasteiger partial charge in [0, 0.05) is 17.7 Å². The third-order valence-corrected chi connectivity index (χ3v) is 6.15. The number of nitrogens with zero attached hydrogens (tertiary/aromatic N) is 1. The van der Waals surface area contributed by atoms with E-state index in [-0.39, 0.29) is 18.2 Å². The van der Waals surface area contributed by atoms with Gasteiger partial charge in [-0.15, -0.1) is 0 Å². The van der Waals surface area contributed by atoms with Crippen molar-refractivity contribution in [2.45, 2.75) is 32.7 Å². The van der Waals surface area contributed by atoms with Gasteiger partial charge in [-0.1, -0.05) is 48.0 Å². The van der Waals surface area contributed by atoms with E-state index in [1.165, 1.54) is 0 Å². The van der Waals surface area contributed by atoms with Crippen molar-refractivity contribution in [3.05, 3.63) is 83.9 Å². The van der Waals surface area contributed by atoms with Crippen LogP contribution in [0.25, 0.3) is 0 Å². The van der Waals surface area contributed by atoms with Gasteiger partial charge < -0.3 is 19.7 Å². The van der Waals surface area contributed by atoms with Crippen molar-refractivity contribution in [1.29, 1.82) is 0 Å². The lowest BCUT2D eigenvalue weighted by Gasteiger charge is -2.41. The molecule has 2 amide bonds. The molecule has 4 rings (SSSR count). The van der Waals surface area contributed by atoms with Crippen LogP contribution in [-0.4, -0.2) is 25.5 Å². The number of ether oxygens (including phenoxy) is 2. The van der Waals surface area contributed by atoms with Crippen LogP contribution in [0.3, 0.4) is 0 Å². The highest BCUT2D eigenvalue weighted by Crippen LogP contribution is 2.43. The van der Waals surface area contributed by atoms with Crippen LogP contribution in [0.15, 0.2) is 72.8 Å². The van der Waals surface area contributed by atoms with Crippen molar-refractivity contribution < 1.29 is 19.1 Å². The Hall–Kier alpha value is -3.80. The minimum atomic E-state index is -0.514. The van der Waals surface area contributed by atoms with Crippen LogP contribution in [0.4, 0.5) is 11.4 Å². The largest absolute Gasteiger partial charge is 0.496 e. The van der Waals surface area contributed by atoms with Crippen LogP contribution in [0.2, 0.25) is 0 Å². The van der Waals surface area contributed by atoms with Crippen LogP contribution in [-0.2, 0) is 9.59 Å². The standard InChI is InChI=1S/C28H30N2O4/c1-4-34-25-12-8-6-10-23(25)29-28(32)22-17-18-26(31)30(20-15-13-19(2)14-16-20)27(22)21-9-5-7-11-24(21)33-3/h5-16,22,27H,4,17-18H2,1-3H3,(H,29,32)/t22-,27-/m1/s1. The number of rotatable bonds is 7. The lowest BCUT2D eigenvalue weighted by molar-refractivity contribution is -0.126. The summed E-state index contributed by atoms with van der Waals surface area (Å²) in [5.41, 5.74) is 3.28. The van der Waals surface area contributed by atoms with Crippen molar-refractivity contribution in [2.75, 3.05) is 23.9 Å². The zero-order chi connectivity index (χ0) is 24.1. The average molecular weight is 459 g/mol. The highest BCUT2D eigenvalue weighted by atomic mass is 16.5. The molecule has 1 heterocycles. The van der Waals surface area contributed by atoms with Crippen molar-refractivity contribution in [3.63, 3.8) is 0 Å². The molecule has 0 aromatic heterocycles. The second-order valence-corrected chi connectivity index (χ2v) is 8.35. The molecule has 0 bridgehead atoms. The Labute approximate surface area is 200 Å². The molecule has 1 aliphatic heterocycles. The van der Waals surface area contributed by atoms with Crippen molar-refractivity contribution in [1.82, 2.24) is 0 Å². The molecule has 1 fully saturated rings. The third kappa shape index (κ3) is 4.76. The highest BCUT2D eigenvalue weighted by molar-refractivity contribution is 6.00. The Kier molecular flexibility index (Phi) is 7.16. The van der Waals surface area contributed by atoms with Gasteiger partial charge >= 0.3 is 0 Å². The molecule has 3 aromatic rings. The highest BCUT2D eigenvalue weighted by Gasteiger charge is 2.42. The molecule has 6 heteroatoms. The molecule has 0 spiro atoms. The summed E-state index contributed by atoms with van der Waals surface area (Å²) in [5, 5.41) is 3.06. The molecule has 2 atom stereocenters. The number of carbonyl (C=O) groups excluding carboxylic acids is 2. The van der Waals surface area contributed by atoms with Crippen LogP contribution >= 0.6 is 0 Å². The summed E-state index contributed by atoms with van der Waals surface area (Å²) in [4.78, 5) is 28.7. The van der Waals surface area contributed by atoms with E-state index >= 15 is 0 Å². The predicted octanol–water partition coefficient (Wildman–Crippen LogP) is 5.53. The van der Waals surface area contributed by atoms with E-state index in [0.29, 0.717) is 30.2 Å². The number of amides is 2. The molecule has 0 unspecified atom stereocenters. The average Bonchev–Trinajstić information content (AvgIpc) is 2.85. The van der Waals surface area contributed by atoms with Crippen LogP contribution < -0.4 is 19.7 Å². The molecular formula is C28H30N2O4. The summed E-state index contributed by atoms with van der Waals surface area (Å²) in [6.07, 6.45) is 0.720. The Bertz CT molecular complexity index is 1160. The summed E-state index contributed by atoms with van der Waals surface area (Å²) >= 11 is 0. The Morgan fingerprint density at radius 3 is 2.38 bits per heavy atom. The van der Waals surface area contributed by atoms with Gasteiger partial charge in [0.1, 0.15) is 11.5 Å². The molecule has 1 N–H and O–H groups in total. The first-order valence-electron chi connectivity index (χ1n) is 11.6. The van der Waals surface area contributed by atoms with Crippen LogP contribution in [0, 0.1) is 12.8 Å². The molecule has 0 aliphatic carbocycles. The topological polar surface area (TPSA) is 67.9 Å². The van der Waals surface area contributed by atoms with E-state index in [9.17, 15) is 9.59 Å². The van der Waals surface area contributed by atoms with Gasteiger partial charge in [-0.3, -0.25) is 9.59 Å². The number of hydrogen-bond donors (Lipinski definition) is 1. The number of anilines is 2. The second-order valence-electron chi connectivity index (χ2n) is 8.35. The number of benzene rings is 3. The van der Waals surface area contributed by atoms with E-state index in [1.807, 2.05) is 86.6 Å². The first-order chi connectivity index (χ1) is 16.5. The summed E-state index contributed by atoms with van der Waals surface area (Å²) in [7, 11) is 1.60. The number of methoxy groups -OCH3 is 1. The minimum absolute atomic E-state index is 0.0153. The maximum atomic E-state index is 13.7. The predicted molar refractivity (Wildman–Crippen MR) is 133 cm³/mol. The SMILES string of the molecule is CCOc1ccccc1NC(=O)[C@@H]1CCC(=O)N(c2ccc(C)cc2)[C@@H]1c1ccccc1OC. The molecular weight excluding hydrogens is 428 g/mol. The number of aryl methyl sites for hydroxylation is 1. The summed E-state index contributed by atoms with van der Waals surface area (Å²) in [6, 6.07) is 22.3. The summed E-state index contributed by atoms with van der Waals surface area (Å²) in [5.74, 6) is 0.609. The van der Waals surface area contributed by atoms with Gasteiger partial charge in [0.05, 0.1) is 31.4 Å². The van der Waals surface area contributed by atoms with Gasteiger partial charge in [0.15, 0.2) is 0 Å². The smallest absolute Gasteiger partial charge is 0.230 e. The number of nitrogens with one attached hydrogen (secondary N) is 1. The Morgan fingerprint density at radius 1 is 1.00 bits per heavy atom. The van der Waals surface area contributed by atoms with Gasteiger partial charge in [0.25, 0.3) is 0 Å². The molecule has 176 valence electrons. The Morgan fingerprint density at radius 2 is 1.68 bits per heavy atom. The third-order valence-electron chi connectivity index (χ3n) is 6.15. The number of hydrogen-bond acceptors (Lipinski definition) is 4. The molecule has 1 aliphatic rings. The van der Waals surface area contributed by atoms with Crippen molar-refractivity contribution in [2.24, 2.45) is 5.92 Å². The van der Waals surface area contributed by atoms with E-state index in [1.54, 1.807) is 12.0 Å². The molecule has 1 saturated heterocycles. The molecule has 6 nitrogen and oxygen atoms in total. The molecule has 34 heavy (non-hydrogen) atoms. The van der Waals surface area contributed by atoms with E-state index < -0.39 is 12.0 Å². The monoisotopic (exact) mass is 458 g/mol. The number of carbonyl (C=O) groups is 2. The summed E-state index contributed by atoms with van der Waals surface area (Å²) in [6.45, 7) is 4.41. The fourth-order valence-electron chi connectivity index (χ4n) is 4.52. The lowest BCUT2D eigenvalue weighted by atomic mass is 9.82. The molecule has 0 saturated carbocycles. The fraction of sp³-hybridized carbons (Fsp3) is 0.286. The quantitative estimate of drug-likeness (QED) is 0.506. The second kappa shape index (κ2) is 10.4. The maximum Gasteiger partial charge on any atom is 0.230 e. The maximum absolute atomic E-state index is 13.7. The number of piperidine rings is 1. The van der Waals surface area contributed by atoms with Crippen molar-refractivity contribution in [3.8, 4) is 11.5 Å². The van der Waals surface area contributed by atoms with Crippen LogP contribution in [0.5, 0.6) is 11.5 Å². The van der Waals surface area contributed by atoms with Gasteiger partial charge in [0.2, 0.25) is 11.8 Å². The lowest BCUT2D eigenvalue weighted by Crippen LogP contribution is -2.47. The summed E-state index contributed by atoms with van der Waals surface area (Å²) < 4.78 is 11.3. The molecule has 0 radical (unpaired) electrons. The first kappa shape index (κ1) is 23.4. The normalized spacial score (nSPS) is 17.9. The van der Waals surface area contributed by atoms with Gasteiger partial charge in [-0.05, 0) is 50.6 Å². The van der Waals surface area contributed by atoms with E-state index in [0.717, 1.165) is 16.8 Å². The first-order valence-corrected chi connectivity index (χ1v) is 11.6. The van der Waals surface area contributed by atoms with Gasteiger partial charge in [-0.2, -0.15) is 0 Å². The Balaban J connectivity index is 1.76. The zero-order valence-corrected chi connectivity index (χ0v) is 19.8. The van der Waals surface area contributed by atoms with Crippen LogP contribution in [0.1, 0.15) is 36.9 Å². The molecule has 3 aromatic carbocycles. The minimum Gasteiger partial charge on any atom is -0.496 e. The fourth-order valence-corrected chi connectivity index (χ4v) is 4.52.